The molecule has 3 aliphatic rings. The Morgan fingerprint density at radius 2 is 1.31 bits per heavy atom. The number of aryl methyl sites for hydroxylation is 3. The fourth-order valence-electron chi connectivity index (χ4n) is 7.67. The summed E-state index contributed by atoms with van der Waals surface area (Å²) in [5, 5.41) is 1.48. The summed E-state index contributed by atoms with van der Waals surface area (Å²) < 4.78 is 1.44. The Morgan fingerprint density at radius 3 is 1.96 bits per heavy atom. The van der Waals surface area contributed by atoms with E-state index in [1.807, 2.05) is 75.4 Å². The van der Waals surface area contributed by atoms with E-state index in [-0.39, 0.29) is 5.54 Å². The molecule has 0 amide bonds. The first-order chi connectivity index (χ1) is 26.9. The number of nitrogens with zero attached hydrogens (tertiary/aromatic N) is 1. The van der Waals surface area contributed by atoms with E-state index in [4.69, 9.17) is 0 Å². The minimum Gasteiger partial charge on any atom is -0.331 e. The fraction of sp³-hybridized carbons (Fsp3) is 0.245. The van der Waals surface area contributed by atoms with E-state index in [9.17, 15) is 0 Å². The third kappa shape index (κ3) is 9.04. The van der Waals surface area contributed by atoms with Crippen LogP contribution in [-0.4, -0.2) is 5.54 Å². The Kier molecular flexibility index (Phi) is 14.5. The van der Waals surface area contributed by atoms with Crippen molar-refractivity contribution in [1.82, 2.24) is 0 Å². The molecule has 1 nitrogen and oxygen atoms in total. The van der Waals surface area contributed by atoms with Crippen LogP contribution in [0.25, 0.3) is 32.9 Å². The van der Waals surface area contributed by atoms with E-state index in [2.05, 4.69) is 161 Å². The van der Waals surface area contributed by atoms with Gasteiger partial charge in [0, 0.05) is 26.5 Å². The minimum absolute atomic E-state index is 0.107. The number of thiophene rings is 1. The number of para-hydroxylation sites is 1. The third-order valence-corrected chi connectivity index (χ3v) is 11.4. The second-order valence-corrected chi connectivity index (χ2v) is 15.0. The molecule has 0 fully saturated rings. The molecule has 1 unspecified atom stereocenters. The number of anilines is 2. The molecular formula is C53H59NS. The van der Waals surface area contributed by atoms with Crippen LogP contribution < -0.4 is 4.90 Å². The maximum absolute atomic E-state index is 2.54. The number of benzene rings is 5. The van der Waals surface area contributed by atoms with Gasteiger partial charge in [0.1, 0.15) is 0 Å². The van der Waals surface area contributed by atoms with Crippen LogP contribution in [0, 0.1) is 13.8 Å². The van der Waals surface area contributed by atoms with Crippen molar-refractivity contribution in [3.8, 4) is 11.1 Å². The highest BCUT2D eigenvalue weighted by atomic mass is 32.1. The van der Waals surface area contributed by atoms with E-state index in [0.29, 0.717) is 0 Å². The van der Waals surface area contributed by atoms with Crippen molar-refractivity contribution in [2.75, 3.05) is 4.90 Å². The molecule has 2 heterocycles. The van der Waals surface area contributed by atoms with Crippen molar-refractivity contribution >= 4 is 44.4 Å². The van der Waals surface area contributed by atoms with Crippen molar-refractivity contribution < 1.29 is 0 Å². The smallest absolute Gasteiger partial charge is 0.0721 e. The fourth-order valence-corrected chi connectivity index (χ4v) is 8.84. The number of allylic oxidation sites excluding steroid dienone is 5. The van der Waals surface area contributed by atoms with Gasteiger partial charge in [-0.3, -0.25) is 0 Å². The summed E-state index contributed by atoms with van der Waals surface area (Å²) >= 11 is 1.92. The van der Waals surface area contributed by atoms with Crippen LogP contribution in [0.15, 0.2) is 163 Å². The van der Waals surface area contributed by atoms with Gasteiger partial charge < -0.3 is 4.90 Å². The van der Waals surface area contributed by atoms with Gasteiger partial charge in [0.25, 0.3) is 0 Å². The Bertz CT molecular complexity index is 2240. The second kappa shape index (κ2) is 19.4. The lowest BCUT2D eigenvalue weighted by Crippen LogP contribution is -2.41. The lowest BCUT2D eigenvalue weighted by Gasteiger charge is -2.40. The van der Waals surface area contributed by atoms with Crippen LogP contribution in [0.3, 0.4) is 0 Å². The van der Waals surface area contributed by atoms with Gasteiger partial charge in [-0.1, -0.05) is 160 Å². The van der Waals surface area contributed by atoms with E-state index in [0.717, 1.165) is 6.42 Å². The molecular weight excluding hydrogens is 683 g/mol. The molecule has 0 radical (unpaired) electrons. The minimum atomic E-state index is -0.107. The molecule has 1 aliphatic heterocycles. The molecule has 2 aliphatic carbocycles. The quantitative estimate of drug-likeness (QED) is 0.175. The van der Waals surface area contributed by atoms with Gasteiger partial charge in [0.15, 0.2) is 0 Å². The summed E-state index contributed by atoms with van der Waals surface area (Å²) in [6.07, 6.45) is 14.8. The van der Waals surface area contributed by atoms with Crippen LogP contribution in [0.2, 0.25) is 0 Å². The predicted octanol–water partition coefficient (Wildman–Crippen LogP) is 16.2. The van der Waals surface area contributed by atoms with Crippen LogP contribution in [-0.2, 0) is 6.42 Å². The van der Waals surface area contributed by atoms with Gasteiger partial charge in [-0.25, -0.2) is 0 Å². The largest absolute Gasteiger partial charge is 0.331 e. The average molecular weight is 742 g/mol. The highest BCUT2D eigenvalue weighted by Crippen LogP contribution is 2.57. The third-order valence-electron chi connectivity index (χ3n) is 10.2. The van der Waals surface area contributed by atoms with Crippen molar-refractivity contribution in [2.24, 2.45) is 0 Å². The highest BCUT2D eigenvalue weighted by Gasteiger charge is 2.47. The Balaban J connectivity index is 0.000000198. The molecule has 0 bridgehead atoms. The zero-order valence-electron chi connectivity index (χ0n) is 34.5. The van der Waals surface area contributed by atoms with Crippen LogP contribution >= 0.6 is 11.3 Å². The zero-order valence-corrected chi connectivity index (χ0v) is 35.3. The first kappa shape index (κ1) is 41.0. The number of rotatable bonds is 3. The summed E-state index contributed by atoms with van der Waals surface area (Å²) in [5.41, 5.74) is 14.7. The van der Waals surface area contributed by atoms with Crippen molar-refractivity contribution in [3.05, 3.63) is 190 Å². The molecule has 1 aromatic heterocycles. The Morgan fingerprint density at radius 1 is 0.691 bits per heavy atom. The lowest BCUT2D eigenvalue weighted by molar-refractivity contribution is 0.602. The molecule has 0 saturated carbocycles. The molecule has 5 aromatic carbocycles. The average Bonchev–Trinajstić information content (AvgIpc) is 3.74. The van der Waals surface area contributed by atoms with E-state index in [1.54, 1.807) is 5.56 Å². The zero-order chi connectivity index (χ0) is 39.4. The summed E-state index contributed by atoms with van der Waals surface area (Å²) in [6.45, 7) is 19.1. The summed E-state index contributed by atoms with van der Waals surface area (Å²) in [5.74, 6) is 0. The van der Waals surface area contributed by atoms with Crippen LogP contribution in [0.5, 0.6) is 0 Å². The van der Waals surface area contributed by atoms with Crippen LogP contribution in [0.4, 0.5) is 11.4 Å². The van der Waals surface area contributed by atoms with Gasteiger partial charge in [0.2, 0.25) is 0 Å². The number of hydrogen-bond donors (Lipinski definition) is 0. The Labute approximate surface area is 336 Å². The Hall–Kier alpha value is -5.18. The molecule has 0 spiro atoms. The predicted molar refractivity (Wildman–Crippen MR) is 247 cm³/mol. The van der Waals surface area contributed by atoms with E-state index >= 15 is 0 Å². The van der Waals surface area contributed by atoms with Crippen molar-refractivity contribution in [3.63, 3.8) is 0 Å². The van der Waals surface area contributed by atoms with Gasteiger partial charge in [0.05, 0.1) is 5.54 Å². The molecule has 1 atom stereocenters. The standard InChI is InChI=1S/C30H29N.C13H12S.C6H6.2C2H6/c1-5-9-26-22(3)18-19-30(4)29(26)27-20-24(23-14-12-21(2)13-15-23)16-17-28(27)31(30)25-10-7-6-8-11-25;1-9-6-7-13-11(8-9)10-4-2-3-5-12(10)14-13;1-2-4-6-5-3-1;2*1-2/h5-18,20H,19H2,1-4H3;3,5-8H,2,4H2,1H3;1-6H;2*1-2H3/b9-5-;;;;. The summed E-state index contributed by atoms with van der Waals surface area (Å²) in [7, 11) is 0. The SMILES string of the molecule is C/C=C\C1=C2c3cc(-c4ccc(C)cc4)ccc3N(c3ccccc3)C2(C)CC=C1C.CC.CC.Cc1ccc2sc3c(c2c1)CCC=C3.c1ccccc1. The molecule has 0 N–H and O–H groups in total. The first-order valence-corrected chi connectivity index (χ1v) is 21.0. The van der Waals surface area contributed by atoms with Crippen LogP contribution in [0.1, 0.15) is 88.4 Å². The number of hydrogen-bond acceptors (Lipinski definition) is 2. The second-order valence-electron chi connectivity index (χ2n) is 14.0. The molecule has 6 aromatic rings. The maximum Gasteiger partial charge on any atom is 0.0721 e. The molecule has 0 saturated heterocycles. The molecule has 282 valence electrons. The highest BCUT2D eigenvalue weighted by molar-refractivity contribution is 7.20. The van der Waals surface area contributed by atoms with E-state index < -0.39 is 0 Å². The summed E-state index contributed by atoms with van der Waals surface area (Å²) in [4.78, 5) is 4.01. The van der Waals surface area contributed by atoms with Gasteiger partial charge in [-0.05, 0) is 129 Å². The van der Waals surface area contributed by atoms with Crippen molar-refractivity contribution in [2.45, 2.75) is 87.1 Å². The molecule has 2 heteroatoms. The maximum atomic E-state index is 2.54. The summed E-state index contributed by atoms with van der Waals surface area (Å²) in [6, 6.07) is 45.4. The lowest BCUT2D eigenvalue weighted by atomic mass is 9.76. The topological polar surface area (TPSA) is 3.24 Å². The van der Waals surface area contributed by atoms with Crippen molar-refractivity contribution in [1.29, 1.82) is 0 Å². The first-order valence-electron chi connectivity index (χ1n) is 20.2. The monoisotopic (exact) mass is 741 g/mol. The van der Waals surface area contributed by atoms with E-state index in [1.165, 1.54) is 83.7 Å². The van der Waals surface area contributed by atoms with Gasteiger partial charge >= 0.3 is 0 Å². The molecule has 55 heavy (non-hydrogen) atoms. The van der Waals surface area contributed by atoms with Gasteiger partial charge in [-0.15, -0.1) is 11.3 Å². The molecule has 9 rings (SSSR count). The normalized spacial score (nSPS) is 16.2. The number of fused-ring (bicyclic) bond motifs is 6. The van der Waals surface area contributed by atoms with Gasteiger partial charge in [-0.2, -0.15) is 0 Å².